The molecule has 1 aromatic rings. The number of aromatic nitrogens is 1. The highest BCUT2D eigenvalue weighted by molar-refractivity contribution is 7.09. The Labute approximate surface area is 93.4 Å². The number of rotatable bonds is 6. The molecule has 1 aromatic heterocycles. The molecular weight excluding hydrogens is 212 g/mol. The molecule has 1 rings (SSSR count). The summed E-state index contributed by atoms with van der Waals surface area (Å²) in [6.45, 7) is 4.72. The number of carboxylic acid groups (broad SMARTS) is 1. The van der Waals surface area contributed by atoms with Gasteiger partial charge in [-0.05, 0) is 26.8 Å². The molecular formula is C10H16N2O2S. The average Bonchev–Trinajstić information content (AvgIpc) is 2.59. The molecule has 0 spiro atoms. The lowest BCUT2D eigenvalue weighted by Gasteiger charge is -2.09. The standard InChI is InChI=1S/C10H16N2O2S/c1-7-6-15-10(12-7)8(2)11-5-3-4-9(13)14/h6,8,11H,3-5H2,1-2H3,(H,13,14). The van der Waals surface area contributed by atoms with Crippen molar-refractivity contribution in [2.75, 3.05) is 6.54 Å². The maximum absolute atomic E-state index is 10.3. The van der Waals surface area contributed by atoms with Crippen molar-refractivity contribution in [1.29, 1.82) is 0 Å². The molecule has 0 aliphatic heterocycles. The average molecular weight is 228 g/mol. The highest BCUT2D eigenvalue weighted by Gasteiger charge is 2.08. The Morgan fingerprint density at radius 1 is 1.73 bits per heavy atom. The number of hydrogen-bond donors (Lipinski definition) is 2. The number of carbonyl (C=O) groups is 1. The summed E-state index contributed by atoms with van der Waals surface area (Å²) in [5.74, 6) is -0.741. The van der Waals surface area contributed by atoms with E-state index in [0.717, 1.165) is 10.7 Å². The summed E-state index contributed by atoms with van der Waals surface area (Å²) < 4.78 is 0. The van der Waals surface area contributed by atoms with Crippen molar-refractivity contribution in [3.05, 3.63) is 16.1 Å². The van der Waals surface area contributed by atoms with E-state index in [9.17, 15) is 4.79 Å². The van der Waals surface area contributed by atoms with Crippen LogP contribution in [0.15, 0.2) is 5.38 Å². The Morgan fingerprint density at radius 3 is 3.00 bits per heavy atom. The van der Waals surface area contributed by atoms with E-state index in [1.165, 1.54) is 0 Å². The Morgan fingerprint density at radius 2 is 2.47 bits per heavy atom. The van der Waals surface area contributed by atoms with Crippen LogP contribution in [0.1, 0.15) is 36.5 Å². The van der Waals surface area contributed by atoms with Gasteiger partial charge in [0, 0.05) is 17.5 Å². The fraction of sp³-hybridized carbons (Fsp3) is 0.600. The molecule has 1 atom stereocenters. The first kappa shape index (κ1) is 12.1. The van der Waals surface area contributed by atoms with Gasteiger partial charge in [-0.2, -0.15) is 0 Å². The minimum Gasteiger partial charge on any atom is -0.481 e. The second-order valence-electron chi connectivity index (χ2n) is 3.50. The summed E-state index contributed by atoms with van der Waals surface area (Å²) in [6.07, 6.45) is 0.876. The molecule has 5 heteroatoms. The molecule has 2 N–H and O–H groups in total. The zero-order valence-corrected chi connectivity index (χ0v) is 9.80. The molecule has 0 bridgehead atoms. The lowest BCUT2D eigenvalue weighted by Crippen LogP contribution is -2.20. The van der Waals surface area contributed by atoms with Gasteiger partial charge in [0.25, 0.3) is 0 Å². The molecule has 0 fully saturated rings. The minimum atomic E-state index is -0.741. The van der Waals surface area contributed by atoms with Crippen molar-refractivity contribution < 1.29 is 9.90 Å². The molecule has 0 amide bonds. The van der Waals surface area contributed by atoms with Crippen LogP contribution in [0, 0.1) is 6.92 Å². The van der Waals surface area contributed by atoms with Gasteiger partial charge in [0.2, 0.25) is 0 Å². The first-order chi connectivity index (χ1) is 7.09. The van der Waals surface area contributed by atoms with Crippen LogP contribution in [0.5, 0.6) is 0 Å². The summed E-state index contributed by atoms with van der Waals surface area (Å²) in [5, 5.41) is 14.8. The molecule has 1 heterocycles. The lowest BCUT2D eigenvalue weighted by molar-refractivity contribution is -0.137. The third kappa shape index (κ3) is 4.40. The van der Waals surface area contributed by atoms with Crippen molar-refractivity contribution in [2.45, 2.75) is 32.7 Å². The maximum atomic E-state index is 10.3. The first-order valence-electron chi connectivity index (χ1n) is 4.97. The molecule has 0 radical (unpaired) electrons. The molecule has 0 saturated carbocycles. The van der Waals surface area contributed by atoms with Crippen LogP contribution < -0.4 is 5.32 Å². The van der Waals surface area contributed by atoms with Gasteiger partial charge in [0.05, 0.1) is 6.04 Å². The predicted molar refractivity (Wildman–Crippen MR) is 60.1 cm³/mol. The van der Waals surface area contributed by atoms with Gasteiger partial charge >= 0.3 is 5.97 Å². The van der Waals surface area contributed by atoms with Crippen molar-refractivity contribution in [2.24, 2.45) is 0 Å². The molecule has 0 aromatic carbocycles. The zero-order chi connectivity index (χ0) is 11.3. The van der Waals surface area contributed by atoms with Crippen molar-refractivity contribution in [3.8, 4) is 0 Å². The fourth-order valence-corrected chi connectivity index (χ4v) is 2.04. The molecule has 4 nitrogen and oxygen atoms in total. The Bertz CT molecular complexity index is 325. The van der Waals surface area contributed by atoms with Crippen LogP contribution in [0.2, 0.25) is 0 Å². The van der Waals surface area contributed by atoms with Gasteiger partial charge in [-0.25, -0.2) is 4.98 Å². The minimum absolute atomic E-state index is 0.206. The highest BCUT2D eigenvalue weighted by Crippen LogP contribution is 2.17. The molecule has 0 aliphatic rings. The van der Waals surface area contributed by atoms with Gasteiger partial charge in [-0.3, -0.25) is 4.79 Å². The number of carboxylic acids is 1. The van der Waals surface area contributed by atoms with Gasteiger partial charge in [-0.1, -0.05) is 0 Å². The summed E-state index contributed by atoms with van der Waals surface area (Å²) >= 11 is 1.63. The second kappa shape index (κ2) is 5.82. The van der Waals surface area contributed by atoms with E-state index < -0.39 is 5.97 Å². The van der Waals surface area contributed by atoms with E-state index in [2.05, 4.69) is 10.3 Å². The van der Waals surface area contributed by atoms with Crippen LogP contribution in [0.4, 0.5) is 0 Å². The monoisotopic (exact) mass is 228 g/mol. The van der Waals surface area contributed by atoms with E-state index in [1.54, 1.807) is 11.3 Å². The largest absolute Gasteiger partial charge is 0.481 e. The smallest absolute Gasteiger partial charge is 0.303 e. The van der Waals surface area contributed by atoms with Crippen LogP contribution in [0.25, 0.3) is 0 Å². The predicted octanol–water partition coefficient (Wildman–Crippen LogP) is 1.97. The third-order valence-corrected chi connectivity index (χ3v) is 3.17. The SMILES string of the molecule is Cc1csc(C(C)NCCCC(=O)O)n1. The van der Waals surface area contributed by atoms with E-state index in [-0.39, 0.29) is 12.5 Å². The Kier molecular flexibility index (Phi) is 4.71. The van der Waals surface area contributed by atoms with Gasteiger partial charge in [0.1, 0.15) is 5.01 Å². The number of thiazole rings is 1. The van der Waals surface area contributed by atoms with E-state index >= 15 is 0 Å². The van der Waals surface area contributed by atoms with E-state index in [1.807, 2.05) is 19.2 Å². The van der Waals surface area contributed by atoms with Crippen LogP contribution in [0.3, 0.4) is 0 Å². The Hall–Kier alpha value is -0.940. The summed E-state index contributed by atoms with van der Waals surface area (Å²) in [4.78, 5) is 14.6. The quantitative estimate of drug-likeness (QED) is 0.731. The van der Waals surface area contributed by atoms with Gasteiger partial charge in [-0.15, -0.1) is 11.3 Å². The van der Waals surface area contributed by atoms with Crippen LogP contribution in [-0.4, -0.2) is 22.6 Å². The fourth-order valence-electron chi connectivity index (χ4n) is 1.22. The number of aliphatic carboxylic acids is 1. The Balaban J connectivity index is 2.24. The van der Waals surface area contributed by atoms with Crippen molar-refractivity contribution >= 4 is 17.3 Å². The van der Waals surface area contributed by atoms with Gasteiger partial charge in [0.15, 0.2) is 0 Å². The highest BCUT2D eigenvalue weighted by atomic mass is 32.1. The molecule has 0 saturated heterocycles. The zero-order valence-electron chi connectivity index (χ0n) is 8.99. The second-order valence-corrected chi connectivity index (χ2v) is 4.39. The summed E-state index contributed by atoms with van der Waals surface area (Å²) in [6, 6.07) is 0.206. The van der Waals surface area contributed by atoms with Crippen LogP contribution >= 0.6 is 11.3 Å². The van der Waals surface area contributed by atoms with Crippen LogP contribution in [-0.2, 0) is 4.79 Å². The lowest BCUT2D eigenvalue weighted by atomic mass is 10.3. The van der Waals surface area contributed by atoms with Crippen molar-refractivity contribution in [3.63, 3.8) is 0 Å². The number of nitrogens with one attached hydrogen (secondary N) is 1. The van der Waals surface area contributed by atoms with Crippen molar-refractivity contribution in [1.82, 2.24) is 10.3 Å². The maximum Gasteiger partial charge on any atom is 0.303 e. The number of nitrogens with zero attached hydrogens (tertiary/aromatic N) is 1. The first-order valence-corrected chi connectivity index (χ1v) is 5.84. The molecule has 15 heavy (non-hydrogen) atoms. The molecule has 0 aliphatic carbocycles. The van der Waals surface area contributed by atoms with E-state index in [4.69, 9.17) is 5.11 Å². The van der Waals surface area contributed by atoms with Gasteiger partial charge < -0.3 is 10.4 Å². The summed E-state index contributed by atoms with van der Waals surface area (Å²) in [7, 11) is 0. The number of aryl methyl sites for hydroxylation is 1. The topological polar surface area (TPSA) is 62.2 Å². The van der Waals surface area contributed by atoms with E-state index in [0.29, 0.717) is 13.0 Å². The summed E-state index contributed by atoms with van der Waals surface area (Å²) in [5.41, 5.74) is 1.04. The third-order valence-electron chi connectivity index (χ3n) is 2.03. The molecule has 84 valence electrons. The number of hydrogen-bond acceptors (Lipinski definition) is 4. The molecule has 1 unspecified atom stereocenters. The normalized spacial score (nSPS) is 12.7.